The number of aromatic nitrogens is 2. The van der Waals surface area contributed by atoms with E-state index < -0.39 is 5.60 Å². The number of carbonyl (C=O) groups is 1. The number of halogens is 1. The Hall–Kier alpha value is -1.40. The molecule has 0 bridgehead atoms. The summed E-state index contributed by atoms with van der Waals surface area (Å²) in [5, 5.41) is 0.952. The van der Waals surface area contributed by atoms with Crippen LogP contribution in [0.2, 0.25) is 0 Å². The summed E-state index contributed by atoms with van der Waals surface area (Å²) in [5.41, 5.74) is 1.26. The number of ether oxygens (including phenoxy) is 1. The SMILES string of the molecule is CC(C)(C)OC(=O)n1c(CN2CCCC2)cc2cnc(Br)cc21. The van der Waals surface area contributed by atoms with E-state index in [1.54, 1.807) is 10.8 Å². The quantitative estimate of drug-likeness (QED) is 0.734. The minimum Gasteiger partial charge on any atom is -0.443 e. The number of rotatable bonds is 2. The molecular formula is C17H22BrN3O2. The Morgan fingerprint density at radius 1 is 1.30 bits per heavy atom. The molecule has 0 saturated carbocycles. The van der Waals surface area contributed by atoms with E-state index in [1.165, 1.54) is 12.8 Å². The number of hydrogen-bond acceptors (Lipinski definition) is 4. The van der Waals surface area contributed by atoms with Gasteiger partial charge in [0.2, 0.25) is 0 Å². The van der Waals surface area contributed by atoms with E-state index in [-0.39, 0.29) is 6.09 Å². The second-order valence-corrected chi connectivity index (χ2v) is 7.81. The van der Waals surface area contributed by atoms with Gasteiger partial charge < -0.3 is 4.74 Å². The van der Waals surface area contributed by atoms with Crippen LogP contribution in [-0.4, -0.2) is 39.2 Å². The van der Waals surface area contributed by atoms with Gasteiger partial charge in [-0.05, 0) is 74.8 Å². The van der Waals surface area contributed by atoms with Gasteiger partial charge >= 0.3 is 6.09 Å². The Bertz CT molecular complexity index is 727. The second-order valence-electron chi connectivity index (χ2n) is 7.00. The highest BCUT2D eigenvalue weighted by Crippen LogP contribution is 2.25. The summed E-state index contributed by atoms with van der Waals surface area (Å²) in [6.07, 6.45) is 3.90. The van der Waals surface area contributed by atoms with Crippen LogP contribution in [0.15, 0.2) is 22.9 Å². The molecule has 6 heteroatoms. The largest absolute Gasteiger partial charge is 0.443 e. The van der Waals surface area contributed by atoms with Gasteiger partial charge in [-0.25, -0.2) is 14.3 Å². The Kier molecular flexibility index (Phi) is 4.47. The topological polar surface area (TPSA) is 47.4 Å². The van der Waals surface area contributed by atoms with E-state index in [9.17, 15) is 4.79 Å². The van der Waals surface area contributed by atoms with Crippen LogP contribution in [0, 0.1) is 0 Å². The molecule has 0 amide bonds. The molecule has 2 aromatic rings. The zero-order chi connectivity index (χ0) is 16.6. The van der Waals surface area contributed by atoms with Gasteiger partial charge in [-0.3, -0.25) is 4.90 Å². The summed E-state index contributed by atoms with van der Waals surface area (Å²) in [5.74, 6) is 0. The Balaban J connectivity index is 2.03. The molecule has 0 aromatic carbocycles. The lowest BCUT2D eigenvalue weighted by molar-refractivity contribution is 0.0537. The van der Waals surface area contributed by atoms with Crippen molar-refractivity contribution in [1.29, 1.82) is 0 Å². The molecule has 1 fully saturated rings. The van der Waals surface area contributed by atoms with Crippen LogP contribution in [-0.2, 0) is 11.3 Å². The average molecular weight is 380 g/mol. The Morgan fingerprint density at radius 3 is 2.65 bits per heavy atom. The fourth-order valence-electron chi connectivity index (χ4n) is 2.94. The molecule has 1 aliphatic rings. The first kappa shape index (κ1) is 16.5. The second kappa shape index (κ2) is 6.24. The lowest BCUT2D eigenvalue weighted by Crippen LogP contribution is -2.29. The van der Waals surface area contributed by atoms with Crippen LogP contribution in [0.25, 0.3) is 10.9 Å². The molecule has 23 heavy (non-hydrogen) atoms. The van der Waals surface area contributed by atoms with Gasteiger partial charge in [-0.1, -0.05) is 0 Å². The number of pyridine rings is 1. The molecule has 1 saturated heterocycles. The number of carbonyl (C=O) groups excluding carboxylic acids is 1. The zero-order valence-electron chi connectivity index (χ0n) is 13.8. The van der Waals surface area contributed by atoms with Gasteiger partial charge in [0.25, 0.3) is 0 Å². The number of hydrogen-bond donors (Lipinski definition) is 0. The van der Waals surface area contributed by atoms with Crippen LogP contribution in [0.1, 0.15) is 39.3 Å². The summed E-state index contributed by atoms with van der Waals surface area (Å²) in [4.78, 5) is 19.4. The van der Waals surface area contributed by atoms with Gasteiger partial charge in [-0.15, -0.1) is 0 Å². The third-order valence-electron chi connectivity index (χ3n) is 3.89. The highest BCUT2D eigenvalue weighted by Gasteiger charge is 2.24. The van der Waals surface area contributed by atoms with Gasteiger partial charge in [0, 0.05) is 23.8 Å². The van der Waals surface area contributed by atoms with Crippen LogP contribution in [0.5, 0.6) is 0 Å². The van der Waals surface area contributed by atoms with Crippen LogP contribution < -0.4 is 0 Å². The first-order valence-electron chi connectivity index (χ1n) is 7.95. The van der Waals surface area contributed by atoms with Crippen molar-refractivity contribution in [3.63, 3.8) is 0 Å². The fourth-order valence-corrected chi connectivity index (χ4v) is 3.26. The van der Waals surface area contributed by atoms with Crippen molar-refractivity contribution in [1.82, 2.24) is 14.5 Å². The van der Waals surface area contributed by atoms with Crippen molar-refractivity contribution in [2.24, 2.45) is 0 Å². The predicted octanol–water partition coefficient (Wildman–Crippen LogP) is 4.18. The summed E-state index contributed by atoms with van der Waals surface area (Å²) < 4.78 is 8.00. The highest BCUT2D eigenvalue weighted by atomic mass is 79.9. The van der Waals surface area contributed by atoms with Crippen molar-refractivity contribution < 1.29 is 9.53 Å². The van der Waals surface area contributed by atoms with Crippen molar-refractivity contribution in [2.45, 2.75) is 45.8 Å². The summed E-state index contributed by atoms with van der Waals surface area (Å²) >= 11 is 3.39. The summed E-state index contributed by atoms with van der Waals surface area (Å²) in [6.45, 7) is 8.57. The number of fused-ring (bicyclic) bond motifs is 1. The molecule has 3 heterocycles. The maximum absolute atomic E-state index is 12.7. The molecule has 0 radical (unpaired) electrons. The van der Waals surface area contributed by atoms with Crippen LogP contribution in [0.3, 0.4) is 0 Å². The predicted molar refractivity (Wildman–Crippen MR) is 93.6 cm³/mol. The van der Waals surface area contributed by atoms with Crippen molar-refractivity contribution >= 4 is 32.9 Å². The van der Waals surface area contributed by atoms with Gasteiger partial charge in [0.15, 0.2) is 0 Å². The van der Waals surface area contributed by atoms with Crippen molar-refractivity contribution in [3.8, 4) is 0 Å². The summed E-state index contributed by atoms with van der Waals surface area (Å²) in [6, 6.07) is 3.91. The van der Waals surface area contributed by atoms with E-state index >= 15 is 0 Å². The molecule has 3 rings (SSSR count). The Morgan fingerprint density at radius 2 is 2.00 bits per heavy atom. The molecule has 0 spiro atoms. The van der Waals surface area contributed by atoms with E-state index in [4.69, 9.17) is 4.74 Å². The highest BCUT2D eigenvalue weighted by molar-refractivity contribution is 9.10. The third-order valence-corrected chi connectivity index (χ3v) is 4.32. The third kappa shape index (κ3) is 3.75. The molecule has 0 N–H and O–H groups in total. The fraction of sp³-hybridized carbons (Fsp3) is 0.529. The average Bonchev–Trinajstić information content (AvgIpc) is 3.03. The van der Waals surface area contributed by atoms with Crippen LogP contribution >= 0.6 is 15.9 Å². The van der Waals surface area contributed by atoms with E-state index in [0.717, 1.165) is 36.2 Å². The van der Waals surface area contributed by atoms with Crippen LogP contribution in [0.4, 0.5) is 4.79 Å². The molecule has 124 valence electrons. The van der Waals surface area contributed by atoms with Gasteiger partial charge in [0.1, 0.15) is 10.2 Å². The molecule has 0 atom stereocenters. The summed E-state index contributed by atoms with van der Waals surface area (Å²) in [7, 11) is 0. The zero-order valence-corrected chi connectivity index (χ0v) is 15.4. The maximum atomic E-state index is 12.7. The molecule has 0 unspecified atom stereocenters. The van der Waals surface area contributed by atoms with E-state index in [2.05, 4.69) is 25.8 Å². The first-order valence-corrected chi connectivity index (χ1v) is 8.74. The molecule has 2 aromatic heterocycles. The van der Waals surface area contributed by atoms with Gasteiger partial charge in [-0.2, -0.15) is 0 Å². The standard InChI is InChI=1S/C17H22BrN3O2/c1-17(2,3)23-16(22)21-13(11-20-6-4-5-7-20)8-12-10-19-15(18)9-14(12)21/h8-10H,4-7,11H2,1-3H3. The Labute approximate surface area is 144 Å². The number of likely N-dealkylation sites (tertiary alicyclic amines) is 1. The van der Waals surface area contributed by atoms with E-state index in [1.807, 2.05) is 32.9 Å². The smallest absolute Gasteiger partial charge is 0.419 e. The maximum Gasteiger partial charge on any atom is 0.419 e. The van der Waals surface area contributed by atoms with E-state index in [0.29, 0.717) is 4.60 Å². The molecular weight excluding hydrogens is 358 g/mol. The number of nitrogens with zero attached hydrogens (tertiary/aromatic N) is 3. The van der Waals surface area contributed by atoms with Gasteiger partial charge in [0.05, 0.1) is 5.52 Å². The van der Waals surface area contributed by atoms with Crippen molar-refractivity contribution in [3.05, 3.63) is 28.6 Å². The lowest BCUT2D eigenvalue weighted by atomic mass is 10.2. The first-order chi connectivity index (χ1) is 10.8. The molecule has 5 nitrogen and oxygen atoms in total. The molecule has 0 aliphatic carbocycles. The molecule has 1 aliphatic heterocycles. The van der Waals surface area contributed by atoms with Crippen molar-refractivity contribution in [2.75, 3.05) is 13.1 Å². The monoisotopic (exact) mass is 379 g/mol. The normalized spacial score (nSPS) is 16.2. The minimum atomic E-state index is -0.525. The lowest BCUT2D eigenvalue weighted by Gasteiger charge is -2.22. The minimum absolute atomic E-state index is 0.334.